The predicted molar refractivity (Wildman–Crippen MR) is 82.6 cm³/mol. The first-order valence-electron chi connectivity index (χ1n) is 5.99. The van der Waals surface area contributed by atoms with E-state index in [1.165, 1.54) is 0 Å². The van der Waals surface area contributed by atoms with E-state index in [2.05, 4.69) is 32.9 Å². The van der Waals surface area contributed by atoms with Gasteiger partial charge in [0.2, 0.25) is 0 Å². The number of hydrogen-bond acceptors (Lipinski definition) is 4. The first-order valence-corrected chi connectivity index (χ1v) is 7.07. The SMILES string of the molecule is CC(C)Oc1cncc(NC(=O)OC(C)(C)C)c1I. The molecule has 1 aromatic rings. The van der Waals surface area contributed by atoms with Gasteiger partial charge in [-0.05, 0) is 57.2 Å². The molecule has 0 unspecified atom stereocenters. The number of hydrogen-bond donors (Lipinski definition) is 1. The van der Waals surface area contributed by atoms with Crippen LogP contribution in [0.4, 0.5) is 10.5 Å². The Kier molecular flexibility index (Phi) is 5.39. The summed E-state index contributed by atoms with van der Waals surface area (Å²) < 4.78 is 11.6. The number of ether oxygens (including phenoxy) is 2. The molecule has 0 fully saturated rings. The van der Waals surface area contributed by atoms with Crippen molar-refractivity contribution in [2.75, 3.05) is 5.32 Å². The summed E-state index contributed by atoms with van der Waals surface area (Å²) >= 11 is 2.11. The van der Waals surface area contributed by atoms with Crippen LogP contribution in [0.15, 0.2) is 12.4 Å². The number of amides is 1. The number of carbonyl (C=O) groups is 1. The molecule has 0 radical (unpaired) electrons. The minimum Gasteiger partial charge on any atom is -0.488 e. The monoisotopic (exact) mass is 378 g/mol. The Bertz CT molecular complexity index is 456. The van der Waals surface area contributed by atoms with Gasteiger partial charge in [0, 0.05) is 0 Å². The molecule has 0 saturated carbocycles. The van der Waals surface area contributed by atoms with Crippen molar-refractivity contribution in [3.05, 3.63) is 16.0 Å². The van der Waals surface area contributed by atoms with Gasteiger partial charge in [0.15, 0.2) is 5.75 Å². The second-order valence-corrected chi connectivity index (χ2v) is 6.37. The van der Waals surface area contributed by atoms with Crippen molar-refractivity contribution < 1.29 is 14.3 Å². The van der Waals surface area contributed by atoms with Crippen LogP contribution < -0.4 is 10.1 Å². The van der Waals surface area contributed by atoms with Gasteiger partial charge in [0.05, 0.1) is 27.8 Å². The van der Waals surface area contributed by atoms with E-state index in [4.69, 9.17) is 9.47 Å². The molecule has 0 aliphatic rings. The summed E-state index contributed by atoms with van der Waals surface area (Å²) in [6.45, 7) is 9.31. The maximum atomic E-state index is 11.7. The van der Waals surface area contributed by atoms with Crippen LogP contribution in [-0.4, -0.2) is 22.8 Å². The van der Waals surface area contributed by atoms with E-state index in [1.807, 2.05) is 34.6 Å². The second-order valence-electron chi connectivity index (χ2n) is 5.29. The summed E-state index contributed by atoms with van der Waals surface area (Å²) in [4.78, 5) is 15.8. The molecule has 1 rings (SSSR count). The Labute approximate surface area is 127 Å². The van der Waals surface area contributed by atoms with Crippen LogP contribution in [0.3, 0.4) is 0 Å². The van der Waals surface area contributed by atoms with Gasteiger partial charge in [-0.15, -0.1) is 0 Å². The highest BCUT2D eigenvalue weighted by Gasteiger charge is 2.18. The number of nitrogens with one attached hydrogen (secondary N) is 1. The number of halogens is 1. The molecule has 1 heterocycles. The van der Waals surface area contributed by atoms with E-state index in [0.29, 0.717) is 11.4 Å². The van der Waals surface area contributed by atoms with Crippen molar-refractivity contribution in [3.8, 4) is 5.75 Å². The van der Waals surface area contributed by atoms with E-state index in [1.54, 1.807) is 12.4 Å². The molecule has 19 heavy (non-hydrogen) atoms. The zero-order chi connectivity index (χ0) is 14.6. The van der Waals surface area contributed by atoms with Crippen molar-refractivity contribution >= 4 is 34.4 Å². The number of anilines is 1. The maximum Gasteiger partial charge on any atom is 0.412 e. The molecule has 0 spiro atoms. The minimum absolute atomic E-state index is 0.0482. The highest BCUT2D eigenvalue weighted by atomic mass is 127. The molecule has 1 N–H and O–H groups in total. The number of rotatable bonds is 3. The predicted octanol–water partition coefficient (Wildman–Crippen LogP) is 3.82. The van der Waals surface area contributed by atoms with Crippen molar-refractivity contribution in [2.45, 2.75) is 46.3 Å². The highest BCUT2D eigenvalue weighted by Crippen LogP contribution is 2.28. The van der Waals surface area contributed by atoms with Gasteiger partial charge in [-0.25, -0.2) is 4.79 Å². The average molecular weight is 378 g/mol. The summed E-state index contributed by atoms with van der Waals surface area (Å²) in [7, 11) is 0. The lowest BCUT2D eigenvalue weighted by atomic mass is 10.2. The molecule has 0 aliphatic heterocycles. The Morgan fingerprint density at radius 1 is 1.37 bits per heavy atom. The fourth-order valence-electron chi connectivity index (χ4n) is 1.26. The molecule has 1 aromatic heterocycles. The average Bonchev–Trinajstić information content (AvgIpc) is 2.20. The van der Waals surface area contributed by atoms with E-state index in [9.17, 15) is 4.79 Å². The molecule has 0 bridgehead atoms. The van der Waals surface area contributed by atoms with Crippen molar-refractivity contribution in [2.24, 2.45) is 0 Å². The van der Waals surface area contributed by atoms with E-state index in [0.717, 1.165) is 3.57 Å². The van der Waals surface area contributed by atoms with Crippen LogP contribution in [0.2, 0.25) is 0 Å². The molecule has 0 saturated heterocycles. The molecular formula is C13H19IN2O3. The smallest absolute Gasteiger partial charge is 0.412 e. The van der Waals surface area contributed by atoms with Crippen molar-refractivity contribution in [3.63, 3.8) is 0 Å². The molecule has 5 nitrogen and oxygen atoms in total. The normalized spacial score (nSPS) is 11.3. The van der Waals surface area contributed by atoms with Gasteiger partial charge >= 0.3 is 6.09 Å². The van der Waals surface area contributed by atoms with Gasteiger partial charge < -0.3 is 9.47 Å². The minimum atomic E-state index is -0.533. The Balaban J connectivity index is 2.82. The molecule has 1 amide bonds. The Hall–Kier alpha value is -1.05. The molecule has 6 heteroatoms. The van der Waals surface area contributed by atoms with Crippen LogP contribution in [0.25, 0.3) is 0 Å². The van der Waals surface area contributed by atoms with Crippen LogP contribution in [0.1, 0.15) is 34.6 Å². The first-order chi connectivity index (χ1) is 8.69. The number of carbonyl (C=O) groups excluding carboxylic acids is 1. The van der Waals surface area contributed by atoms with Crippen LogP contribution >= 0.6 is 22.6 Å². The summed E-state index contributed by atoms with van der Waals surface area (Å²) in [5.74, 6) is 0.643. The van der Waals surface area contributed by atoms with E-state index < -0.39 is 11.7 Å². The summed E-state index contributed by atoms with van der Waals surface area (Å²) in [5.41, 5.74) is 0.0441. The third-order valence-electron chi connectivity index (χ3n) is 1.85. The number of aromatic nitrogens is 1. The van der Waals surface area contributed by atoms with Gasteiger partial charge in [0.25, 0.3) is 0 Å². The third-order valence-corrected chi connectivity index (χ3v) is 2.96. The molecule has 0 aromatic carbocycles. The Morgan fingerprint density at radius 3 is 2.53 bits per heavy atom. The number of nitrogens with zero attached hydrogens (tertiary/aromatic N) is 1. The lowest BCUT2D eigenvalue weighted by Gasteiger charge is -2.20. The van der Waals surface area contributed by atoms with Crippen molar-refractivity contribution in [1.82, 2.24) is 4.98 Å². The summed E-state index contributed by atoms with van der Waals surface area (Å²) in [5, 5.41) is 2.67. The zero-order valence-corrected chi connectivity index (χ0v) is 13.9. The maximum absolute atomic E-state index is 11.7. The second kappa shape index (κ2) is 6.40. The lowest BCUT2D eigenvalue weighted by Crippen LogP contribution is -2.27. The quantitative estimate of drug-likeness (QED) is 0.813. The molecule has 0 aliphatic carbocycles. The van der Waals surface area contributed by atoms with E-state index in [-0.39, 0.29) is 6.10 Å². The van der Waals surface area contributed by atoms with Crippen molar-refractivity contribution in [1.29, 1.82) is 0 Å². The van der Waals surface area contributed by atoms with Gasteiger partial charge in [-0.1, -0.05) is 0 Å². The van der Waals surface area contributed by atoms with Gasteiger partial charge in [-0.2, -0.15) is 0 Å². The molecule has 106 valence electrons. The molecule has 0 atom stereocenters. The summed E-state index contributed by atoms with van der Waals surface area (Å²) in [6.07, 6.45) is 2.74. The van der Waals surface area contributed by atoms with Crippen LogP contribution in [-0.2, 0) is 4.74 Å². The number of pyridine rings is 1. The van der Waals surface area contributed by atoms with E-state index >= 15 is 0 Å². The van der Waals surface area contributed by atoms with Gasteiger partial charge in [0.1, 0.15) is 5.60 Å². The topological polar surface area (TPSA) is 60.5 Å². The fraction of sp³-hybridized carbons (Fsp3) is 0.538. The van der Waals surface area contributed by atoms with Crippen LogP contribution in [0.5, 0.6) is 5.75 Å². The largest absolute Gasteiger partial charge is 0.488 e. The lowest BCUT2D eigenvalue weighted by molar-refractivity contribution is 0.0636. The first kappa shape index (κ1) is 16.0. The third kappa shape index (κ3) is 5.63. The zero-order valence-electron chi connectivity index (χ0n) is 11.8. The van der Waals surface area contributed by atoms with Crippen LogP contribution in [0, 0.1) is 3.57 Å². The summed E-state index contributed by atoms with van der Waals surface area (Å²) in [6, 6.07) is 0. The Morgan fingerprint density at radius 2 is 2.00 bits per heavy atom. The fourth-order valence-corrected chi connectivity index (χ4v) is 1.80. The molecular weight excluding hydrogens is 359 g/mol. The highest BCUT2D eigenvalue weighted by molar-refractivity contribution is 14.1. The standard InChI is InChI=1S/C13H19IN2O3/c1-8(2)18-10-7-15-6-9(11(10)14)16-12(17)19-13(3,4)5/h6-8H,1-5H3,(H,16,17). The van der Waals surface area contributed by atoms with Gasteiger partial charge in [-0.3, -0.25) is 10.3 Å².